The molecule has 2 aromatic heterocycles. The van der Waals surface area contributed by atoms with Gasteiger partial charge in [-0.15, -0.1) is 0 Å². The normalized spacial score (nSPS) is 19.1. The van der Waals surface area contributed by atoms with Crippen LogP contribution in [0.4, 0.5) is 10.2 Å². The summed E-state index contributed by atoms with van der Waals surface area (Å²) in [6.07, 6.45) is 6.81. The van der Waals surface area contributed by atoms with Gasteiger partial charge in [-0.05, 0) is 69.9 Å². The number of ether oxygens (including phenoxy) is 2. The molecule has 12 heteroatoms. The van der Waals surface area contributed by atoms with Crippen molar-refractivity contribution in [3.63, 3.8) is 0 Å². The summed E-state index contributed by atoms with van der Waals surface area (Å²) in [5.41, 5.74) is 6.96. The van der Waals surface area contributed by atoms with E-state index in [0.29, 0.717) is 73.4 Å². The van der Waals surface area contributed by atoms with Gasteiger partial charge >= 0.3 is 0 Å². The number of amides is 1. The first kappa shape index (κ1) is 30.8. The molecule has 1 saturated carbocycles. The molecule has 0 radical (unpaired) electrons. The maximum Gasteiger partial charge on any atom is 0.264 e. The molecule has 0 spiro atoms. The monoisotopic (exact) mass is 636 g/mol. The Hall–Kier alpha value is -4.86. The summed E-state index contributed by atoms with van der Waals surface area (Å²) in [5, 5.41) is 15.4. The number of para-hydroxylation sites is 1. The van der Waals surface area contributed by atoms with Crippen LogP contribution < -0.4 is 10.5 Å². The van der Waals surface area contributed by atoms with Crippen LogP contribution in [0.15, 0.2) is 66.5 Å². The molecule has 242 valence electrons. The van der Waals surface area contributed by atoms with Crippen molar-refractivity contribution in [3.05, 3.63) is 72.3 Å². The Morgan fingerprint density at radius 2 is 1.91 bits per heavy atom. The van der Waals surface area contributed by atoms with Crippen LogP contribution in [-0.4, -0.2) is 79.4 Å². The van der Waals surface area contributed by atoms with Crippen molar-refractivity contribution in [2.45, 2.75) is 63.2 Å². The van der Waals surface area contributed by atoms with Gasteiger partial charge in [-0.25, -0.2) is 19.0 Å². The summed E-state index contributed by atoms with van der Waals surface area (Å²) in [7, 11) is 0. The van der Waals surface area contributed by atoms with Crippen LogP contribution in [0.1, 0.15) is 45.6 Å². The minimum Gasteiger partial charge on any atom is -0.457 e. The van der Waals surface area contributed by atoms with Crippen LogP contribution >= 0.6 is 0 Å². The number of nitriles is 1. The maximum absolute atomic E-state index is 15.7. The number of anilines is 1. The van der Waals surface area contributed by atoms with Gasteiger partial charge in [0.05, 0.1) is 30.7 Å². The van der Waals surface area contributed by atoms with Gasteiger partial charge in [-0.1, -0.05) is 18.2 Å². The molecule has 2 saturated heterocycles. The average Bonchev–Trinajstić information content (AvgIpc) is 3.81. The van der Waals surface area contributed by atoms with Gasteiger partial charge in [0.2, 0.25) is 0 Å². The Kier molecular flexibility index (Phi) is 8.11. The number of nitrogens with two attached hydrogens (primary N) is 1. The lowest BCUT2D eigenvalue weighted by molar-refractivity contribution is -0.128. The number of fused-ring (bicyclic) bond motifs is 1. The van der Waals surface area contributed by atoms with Gasteiger partial charge in [0, 0.05) is 36.3 Å². The number of hydrogen-bond donors (Lipinski definition) is 1. The smallest absolute Gasteiger partial charge is 0.264 e. The number of nitrogens with zero attached hydrogens (tertiary/aromatic N) is 7. The van der Waals surface area contributed by atoms with E-state index >= 15 is 4.39 Å². The molecule has 2 aliphatic heterocycles. The molecule has 3 fully saturated rings. The van der Waals surface area contributed by atoms with Crippen LogP contribution in [0.2, 0.25) is 0 Å². The fourth-order valence-corrected chi connectivity index (χ4v) is 6.87. The van der Waals surface area contributed by atoms with Gasteiger partial charge in [-0.2, -0.15) is 10.4 Å². The molecule has 11 nitrogen and oxygen atoms in total. The summed E-state index contributed by atoms with van der Waals surface area (Å²) in [6.45, 7) is 6.29. The van der Waals surface area contributed by atoms with E-state index in [-0.39, 0.29) is 34.9 Å². The largest absolute Gasteiger partial charge is 0.457 e. The van der Waals surface area contributed by atoms with E-state index < -0.39 is 11.4 Å². The topological polar surface area (TPSA) is 135 Å². The Morgan fingerprint density at radius 1 is 1.13 bits per heavy atom. The first-order valence-electron chi connectivity index (χ1n) is 16.0. The molecule has 2 N–H and O–H groups in total. The number of carbonyl (C=O) groups is 1. The van der Waals surface area contributed by atoms with Gasteiger partial charge in [0.1, 0.15) is 46.8 Å². The number of likely N-dealkylation sites (tertiary alicyclic amines) is 1. The molecule has 7 rings (SSSR count). The number of nitrogen functional groups attached to an aromatic ring is 1. The van der Waals surface area contributed by atoms with E-state index in [1.807, 2.05) is 24.3 Å². The molecule has 0 bridgehead atoms. The molecule has 4 aromatic rings. The third-order valence-corrected chi connectivity index (χ3v) is 9.19. The van der Waals surface area contributed by atoms with E-state index in [0.717, 1.165) is 12.8 Å². The van der Waals surface area contributed by atoms with Gasteiger partial charge in [-0.3, -0.25) is 9.69 Å². The van der Waals surface area contributed by atoms with E-state index in [9.17, 15) is 10.1 Å². The predicted molar refractivity (Wildman–Crippen MR) is 174 cm³/mol. The number of aromatic nitrogens is 4. The lowest BCUT2D eigenvalue weighted by Crippen LogP contribution is -2.58. The van der Waals surface area contributed by atoms with Crippen molar-refractivity contribution in [2.75, 3.05) is 32.0 Å². The SMILES string of the molecule is CC(C)(C=C(C#N)C(=O)N1CCC[C@@H](n2nc(-c3ccc(Oc4ccccc4)cc3F)c3c(N)ncnc32)C1)N(C1CC1)C1COC1. The second kappa shape index (κ2) is 12.4. The Labute approximate surface area is 272 Å². The molecular weight excluding hydrogens is 599 g/mol. The molecule has 0 unspecified atom stereocenters. The molecule has 3 aliphatic rings. The minimum absolute atomic E-state index is 0.124. The van der Waals surface area contributed by atoms with E-state index in [1.165, 1.54) is 12.4 Å². The minimum atomic E-state index is -0.534. The Balaban J connectivity index is 1.16. The molecule has 2 aromatic carbocycles. The molecule has 1 amide bonds. The molecule has 4 heterocycles. The number of piperidine rings is 1. The van der Waals surface area contributed by atoms with E-state index in [4.69, 9.17) is 20.3 Å². The van der Waals surface area contributed by atoms with Crippen LogP contribution in [0.5, 0.6) is 11.5 Å². The van der Waals surface area contributed by atoms with Crippen molar-refractivity contribution in [1.82, 2.24) is 29.5 Å². The van der Waals surface area contributed by atoms with Crippen LogP contribution in [0, 0.1) is 17.1 Å². The third-order valence-electron chi connectivity index (χ3n) is 9.19. The fourth-order valence-electron chi connectivity index (χ4n) is 6.87. The highest BCUT2D eigenvalue weighted by Crippen LogP contribution is 2.39. The third kappa shape index (κ3) is 6.04. The van der Waals surface area contributed by atoms with Crippen molar-refractivity contribution in [3.8, 4) is 28.8 Å². The maximum atomic E-state index is 15.7. The summed E-state index contributed by atoms with van der Waals surface area (Å²) >= 11 is 0. The zero-order valence-corrected chi connectivity index (χ0v) is 26.5. The number of hydrogen-bond acceptors (Lipinski definition) is 9. The first-order chi connectivity index (χ1) is 22.7. The highest BCUT2D eigenvalue weighted by Gasteiger charge is 2.44. The number of halogens is 1. The first-order valence-corrected chi connectivity index (χ1v) is 16.0. The van der Waals surface area contributed by atoms with Crippen LogP contribution in [-0.2, 0) is 9.53 Å². The van der Waals surface area contributed by atoms with Crippen molar-refractivity contribution in [1.29, 1.82) is 5.26 Å². The van der Waals surface area contributed by atoms with Gasteiger partial charge in [0.25, 0.3) is 5.91 Å². The van der Waals surface area contributed by atoms with E-state index in [1.54, 1.807) is 33.8 Å². The quantitative estimate of drug-likeness (QED) is 0.193. The van der Waals surface area contributed by atoms with E-state index in [2.05, 4.69) is 34.8 Å². The Morgan fingerprint density at radius 3 is 2.60 bits per heavy atom. The summed E-state index contributed by atoms with van der Waals surface area (Å²) in [5.74, 6) is 0.274. The van der Waals surface area contributed by atoms with Crippen molar-refractivity contribution < 1.29 is 18.7 Å². The zero-order chi connectivity index (χ0) is 32.7. The highest BCUT2D eigenvalue weighted by molar-refractivity contribution is 5.99. The molecule has 1 aliphatic carbocycles. The molecule has 47 heavy (non-hydrogen) atoms. The molecular formula is C35H37FN8O3. The van der Waals surface area contributed by atoms with Crippen molar-refractivity contribution >= 4 is 22.8 Å². The lowest BCUT2D eigenvalue weighted by Gasteiger charge is -2.46. The zero-order valence-electron chi connectivity index (χ0n) is 26.5. The number of carbonyl (C=O) groups excluding carboxylic acids is 1. The van der Waals surface area contributed by atoms with Crippen LogP contribution in [0.25, 0.3) is 22.3 Å². The number of rotatable bonds is 9. The second-order valence-electron chi connectivity index (χ2n) is 13.0. The summed E-state index contributed by atoms with van der Waals surface area (Å²) in [6, 6.07) is 16.4. The van der Waals surface area contributed by atoms with Crippen LogP contribution in [0.3, 0.4) is 0 Å². The average molecular weight is 637 g/mol. The van der Waals surface area contributed by atoms with Gasteiger partial charge in [0.15, 0.2) is 5.65 Å². The standard InChI is InChI=1S/C35H37FN8O3/c1-35(2,43(23-10-11-23)25-19-46-20-25)16-22(17-37)34(45)42-14-6-7-24(18-42)44-33-30(32(38)39-21-40-33)31(41-44)28-13-12-27(15-29(28)36)47-26-8-4-3-5-9-26/h3-5,8-9,12-13,15-16,21,23-25H,6-7,10-11,14,18-20H2,1-2H3,(H2,38,39,40)/t24-/m1/s1. The van der Waals surface area contributed by atoms with Crippen molar-refractivity contribution in [2.24, 2.45) is 0 Å². The Bertz CT molecular complexity index is 1880. The lowest BCUT2D eigenvalue weighted by atomic mass is 9.94. The fraction of sp³-hybridized carbons (Fsp3) is 0.400. The predicted octanol–water partition coefficient (Wildman–Crippen LogP) is 5.26. The summed E-state index contributed by atoms with van der Waals surface area (Å²) < 4.78 is 28.7. The highest BCUT2D eigenvalue weighted by atomic mass is 19.1. The molecule has 1 atom stereocenters. The van der Waals surface area contributed by atoms with Gasteiger partial charge < -0.3 is 20.1 Å². The number of benzene rings is 2. The second-order valence-corrected chi connectivity index (χ2v) is 13.0. The summed E-state index contributed by atoms with van der Waals surface area (Å²) in [4.78, 5) is 26.6.